The molecule has 0 fully saturated rings. The number of benzene rings is 2. The molecule has 0 aliphatic carbocycles. The minimum Gasteiger partial charge on any atom is -0.454 e. The number of nitrogens with zero attached hydrogens (tertiary/aromatic N) is 3. The average Bonchev–Trinajstić information content (AvgIpc) is 2.55. The average molecular weight is 271 g/mol. The Hall–Kier alpha value is -3.37. The molecule has 3 aromatic rings. The topological polar surface area (TPSA) is 69.7 Å². The van der Waals surface area contributed by atoms with Crippen LogP contribution in [0.2, 0.25) is 0 Å². The van der Waals surface area contributed by atoms with Crippen LogP contribution >= 0.6 is 0 Å². The molecule has 98 valence electrons. The Labute approximate surface area is 121 Å². The second kappa shape index (κ2) is 5.32. The van der Waals surface area contributed by atoms with Crippen LogP contribution < -0.4 is 4.74 Å². The second-order valence-corrected chi connectivity index (χ2v) is 4.34. The first-order valence-electron chi connectivity index (χ1n) is 6.28. The normalized spacial score (nSPS) is 9.81. The molecule has 0 aliphatic heterocycles. The SMILES string of the molecule is N#Cc1cccc(Oc2cccc3cccnc23)c1C#N. The summed E-state index contributed by atoms with van der Waals surface area (Å²) in [4.78, 5) is 4.30. The van der Waals surface area contributed by atoms with E-state index < -0.39 is 0 Å². The number of fused-ring (bicyclic) bond motifs is 1. The Kier molecular flexibility index (Phi) is 3.21. The molecule has 0 amide bonds. The molecular weight excluding hydrogens is 262 g/mol. The van der Waals surface area contributed by atoms with Gasteiger partial charge in [0.2, 0.25) is 0 Å². The summed E-state index contributed by atoms with van der Waals surface area (Å²) in [7, 11) is 0. The van der Waals surface area contributed by atoms with Crippen molar-refractivity contribution in [2.75, 3.05) is 0 Å². The van der Waals surface area contributed by atoms with Gasteiger partial charge in [0.15, 0.2) is 5.75 Å². The van der Waals surface area contributed by atoms with E-state index in [4.69, 9.17) is 10.00 Å². The highest BCUT2D eigenvalue weighted by Crippen LogP contribution is 2.31. The molecule has 0 radical (unpaired) electrons. The largest absolute Gasteiger partial charge is 0.454 e. The van der Waals surface area contributed by atoms with Gasteiger partial charge in [-0.1, -0.05) is 24.3 Å². The van der Waals surface area contributed by atoms with Gasteiger partial charge in [-0.25, -0.2) is 0 Å². The molecule has 1 heterocycles. The van der Waals surface area contributed by atoms with Crippen LogP contribution in [0.3, 0.4) is 0 Å². The van der Waals surface area contributed by atoms with Crippen molar-refractivity contribution in [3.63, 3.8) is 0 Å². The van der Waals surface area contributed by atoms with Crippen molar-refractivity contribution in [2.45, 2.75) is 0 Å². The molecular formula is C17H9N3O. The first-order valence-corrected chi connectivity index (χ1v) is 6.28. The van der Waals surface area contributed by atoms with Crippen LogP contribution in [0.15, 0.2) is 54.7 Å². The number of nitriles is 2. The first kappa shape index (κ1) is 12.7. The smallest absolute Gasteiger partial charge is 0.153 e. The Morgan fingerprint density at radius 2 is 1.62 bits per heavy atom. The van der Waals surface area contributed by atoms with Crippen molar-refractivity contribution < 1.29 is 4.74 Å². The van der Waals surface area contributed by atoms with E-state index in [9.17, 15) is 5.26 Å². The molecule has 21 heavy (non-hydrogen) atoms. The van der Waals surface area contributed by atoms with E-state index in [0.29, 0.717) is 22.6 Å². The van der Waals surface area contributed by atoms with E-state index in [-0.39, 0.29) is 5.56 Å². The van der Waals surface area contributed by atoms with Gasteiger partial charge in [0.25, 0.3) is 0 Å². The summed E-state index contributed by atoms with van der Waals surface area (Å²) in [6.45, 7) is 0. The maximum absolute atomic E-state index is 9.22. The monoisotopic (exact) mass is 271 g/mol. The van der Waals surface area contributed by atoms with Crippen LogP contribution in [0.1, 0.15) is 11.1 Å². The number of aromatic nitrogens is 1. The van der Waals surface area contributed by atoms with E-state index in [2.05, 4.69) is 4.98 Å². The third-order valence-electron chi connectivity index (χ3n) is 3.07. The van der Waals surface area contributed by atoms with E-state index in [1.54, 1.807) is 30.5 Å². The minimum atomic E-state index is 0.230. The van der Waals surface area contributed by atoms with Crippen molar-refractivity contribution in [1.29, 1.82) is 10.5 Å². The van der Waals surface area contributed by atoms with Gasteiger partial charge in [-0.3, -0.25) is 4.98 Å². The third kappa shape index (κ3) is 2.27. The summed E-state index contributed by atoms with van der Waals surface area (Å²) in [6.07, 6.45) is 1.69. The lowest BCUT2D eigenvalue weighted by atomic mass is 10.1. The molecule has 0 bridgehead atoms. The molecule has 2 aromatic carbocycles. The molecule has 0 atom stereocenters. The molecule has 0 saturated heterocycles. The van der Waals surface area contributed by atoms with Crippen LogP contribution in [-0.2, 0) is 0 Å². The van der Waals surface area contributed by atoms with Crippen molar-refractivity contribution in [1.82, 2.24) is 4.98 Å². The van der Waals surface area contributed by atoms with Crippen molar-refractivity contribution in [3.8, 4) is 23.6 Å². The second-order valence-electron chi connectivity index (χ2n) is 4.34. The fourth-order valence-electron chi connectivity index (χ4n) is 2.10. The van der Waals surface area contributed by atoms with Crippen molar-refractivity contribution in [3.05, 3.63) is 65.9 Å². The van der Waals surface area contributed by atoms with Gasteiger partial charge in [0, 0.05) is 11.6 Å². The molecule has 4 heteroatoms. The zero-order valence-corrected chi connectivity index (χ0v) is 10.9. The molecule has 0 aliphatic rings. The molecule has 0 N–H and O–H groups in total. The molecule has 0 spiro atoms. The van der Waals surface area contributed by atoms with Gasteiger partial charge in [0.1, 0.15) is 29.0 Å². The Bertz CT molecular complexity index is 899. The number of rotatable bonds is 2. The fourth-order valence-corrected chi connectivity index (χ4v) is 2.10. The van der Waals surface area contributed by atoms with Gasteiger partial charge in [-0.05, 0) is 24.3 Å². The van der Waals surface area contributed by atoms with Crippen molar-refractivity contribution >= 4 is 10.9 Å². The van der Waals surface area contributed by atoms with Crippen LogP contribution in [0, 0.1) is 22.7 Å². The van der Waals surface area contributed by atoms with E-state index in [0.717, 1.165) is 5.39 Å². The molecule has 0 unspecified atom stereocenters. The van der Waals surface area contributed by atoms with Crippen LogP contribution in [0.5, 0.6) is 11.5 Å². The van der Waals surface area contributed by atoms with E-state index in [1.165, 1.54) is 0 Å². The Morgan fingerprint density at radius 1 is 0.857 bits per heavy atom. The van der Waals surface area contributed by atoms with E-state index >= 15 is 0 Å². The third-order valence-corrected chi connectivity index (χ3v) is 3.07. The number of hydrogen-bond donors (Lipinski definition) is 0. The van der Waals surface area contributed by atoms with Gasteiger partial charge < -0.3 is 4.74 Å². The van der Waals surface area contributed by atoms with Gasteiger partial charge in [-0.2, -0.15) is 10.5 Å². The zero-order valence-electron chi connectivity index (χ0n) is 10.9. The van der Waals surface area contributed by atoms with E-state index in [1.807, 2.05) is 36.4 Å². The summed E-state index contributed by atoms with van der Waals surface area (Å²) in [6, 6.07) is 18.3. The van der Waals surface area contributed by atoms with Crippen LogP contribution in [0.4, 0.5) is 0 Å². The predicted octanol–water partition coefficient (Wildman–Crippen LogP) is 3.77. The lowest BCUT2D eigenvalue weighted by Crippen LogP contribution is -1.93. The standard InChI is InChI=1S/C17H9N3O/c18-10-13-5-2-7-15(14(13)11-19)21-16-8-1-4-12-6-3-9-20-17(12)16/h1-9H. The molecule has 3 rings (SSSR count). The highest BCUT2D eigenvalue weighted by molar-refractivity contribution is 5.84. The van der Waals surface area contributed by atoms with Gasteiger partial charge >= 0.3 is 0 Å². The van der Waals surface area contributed by atoms with Crippen molar-refractivity contribution in [2.24, 2.45) is 0 Å². The number of para-hydroxylation sites is 1. The minimum absolute atomic E-state index is 0.230. The molecule has 4 nitrogen and oxygen atoms in total. The van der Waals surface area contributed by atoms with Gasteiger partial charge in [0.05, 0.1) is 5.56 Å². The summed E-state index contributed by atoms with van der Waals surface area (Å²) in [5.41, 5.74) is 1.24. The number of pyridine rings is 1. The van der Waals surface area contributed by atoms with Gasteiger partial charge in [-0.15, -0.1) is 0 Å². The lowest BCUT2D eigenvalue weighted by Gasteiger charge is -2.10. The highest BCUT2D eigenvalue weighted by atomic mass is 16.5. The summed E-state index contributed by atoms with van der Waals surface area (Å²) in [5.74, 6) is 0.911. The van der Waals surface area contributed by atoms with Crippen LogP contribution in [-0.4, -0.2) is 4.98 Å². The molecule has 0 saturated carbocycles. The maximum Gasteiger partial charge on any atom is 0.153 e. The first-order chi connectivity index (χ1) is 10.3. The zero-order chi connectivity index (χ0) is 14.7. The fraction of sp³-hybridized carbons (Fsp3) is 0. The number of ether oxygens (including phenoxy) is 1. The predicted molar refractivity (Wildman–Crippen MR) is 77.7 cm³/mol. The summed E-state index contributed by atoms with van der Waals surface area (Å²) >= 11 is 0. The highest BCUT2D eigenvalue weighted by Gasteiger charge is 2.11. The molecule has 1 aromatic heterocycles. The Balaban J connectivity index is 2.12. The Morgan fingerprint density at radius 3 is 2.43 bits per heavy atom. The maximum atomic E-state index is 9.22. The number of hydrogen-bond acceptors (Lipinski definition) is 4. The lowest BCUT2D eigenvalue weighted by molar-refractivity contribution is 0.485. The summed E-state index contributed by atoms with van der Waals surface area (Å²) in [5, 5.41) is 19.2. The quantitative estimate of drug-likeness (QED) is 0.711. The summed E-state index contributed by atoms with van der Waals surface area (Å²) < 4.78 is 5.82. The van der Waals surface area contributed by atoms with Crippen LogP contribution in [0.25, 0.3) is 10.9 Å².